The molecule has 0 fully saturated rings. The molecule has 0 spiro atoms. The summed E-state index contributed by atoms with van der Waals surface area (Å²) in [5.74, 6) is 0. The predicted molar refractivity (Wildman–Crippen MR) is 96.6 cm³/mol. The molecule has 0 aromatic heterocycles. The molecule has 1 aliphatic rings. The molecule has 0 saturated heterocycles. The Kier molecular flexibility index (Phi) is 6.00. The van der Waals surface area contributed by atoms with Crippen LogP contribution in [0.4, 0.5) is 5.69 Å². The molecule has 21 heavy (non-hydrogen) atoms. The summed E-state index contributed by atoms with van der Waals surface area (Å²) in [6, 6.07) is 6.98. The lowest BCUT2D eigenvalue weighted by atomic mass is 9.99. The lowest BCUT2D eigenvalue weighted by Gasteiger charge is -2.30. The smallest absolute Gasteiger partial charge is 0.0396 e. The van der Waals surface area contributed by atoms with Crippen LogP contribution in [0.15, 0.2) is 18.2 Å². The molecule has 0 atom stereocenters. The summed E-state index contributed by atoms with van der Waals surface area (Å²) < 4.78 is 0.397. The number of thioether (sulfide) groups is 1. The Balaban J connectivity index is 1.95. The van der Waals surface area contributed by atoms with Gasteiger partial charge in [0.25, 0.3) is 0 Å². The van der Waals surface area contributed by atoms with Gasteiger partial charge in [0, 0.05) is 37.1 Å². The second kappa shape index (κ2) is 7.55. The number of nitrogens with zero attached hydrogens (tertiary/aromatic N) is 1. The summed E-state index contributed by atoms with van der Waals surface area (Å²) in [4.78, 5) is 2.38. The van der Waals surface area contributed by atoms with Gasteiger partial charge in [-0.25, -0.2) is 0 Å². The number of aryl methyl sites for hydroxylation is 1. The first-order valence-electron chi connectivity index (χ1n) is 8.23. The van der Waals surface area contributed by atoms with Crippen molar-refractivity contribution >= 4 is 17.4 Å². The Hall–Kier alpha value is -0.670. The monoisotopic (exact) mass is 306 g/mol. The molecule has 1 aromatic carbocycles. The lowest BCUT2D eigenvalue weighted by molar-refractivity contribution is 0.495. The van der Waals surface area contributed by atoms with E-state index < -0.39 is 0 Å². The van der Waals surface area contributed by atoms with Crippen LogP contribution in [0.1, 0.15) is 44.2 Å². The van der Waals surface area contributed by atoms with Crippen LogP contribution < -0.4 is 10.2 Å². The first-order chi connectivity index (χ1) is 10.1. The third-order valence-corrected chi connectivity index (χ3v) is 6.58. The summed E-state index contributed by atoms with van der Waals surface area (Å²) in [6.45, 7) is 7.87. The zero-order valence-electron chi connectivity index (χ0n) is 14.0. The Bertz CT molecular complexity index is 446. The molecule has 2 rings (SSSR count). The molecule has 3 heteroatoms. The number of anilines is 1. The van der Waals surface area contributed by atoms with E-state index in [9.17, 15) is 0 Å². The average Bonchev–Trinajstić information content (AvgIpc) is 2.52. The molecular weight excluding hydrogens is 276 g/mol. The van der Waals surface area contributed by atoms with Crippen LogP contribution in [-0.4, -0.2) is 31.1 Å². The molecular formula is C18H30N2S. The van der Waals surface area contributed by atoms with E-state index in [-0.39, 0.29) is 0 Å². The molecule has 0 radical (unpaired) electrons. The largest absolute Gasteiger partial charge is 0.374 e. The van der Waals surface area contributed by atoms with Crippen LogP contribution in [0.3, 0.4) is 0 Å². The van der Waals surface area contributed by atoms with E-state index in [0.717, 1.165) is 13.1 Å². The molecule has 118 valence electrons. The zero-order chi connectivity index (χ0) is 15.3. The van der Waals surface area contributed by atoms with Gasteiger partial charge in [-0.05, 0) is 49.1 Å². The van der Waals surface area contributed by atoms with Crippen molar-refractivity contribution in [1.29, 1.82) is 0 Å². The fourth-order valence-electron chi connectivity index (χ4n) is 3.24. The first kappa shape index (κ1) is 16.7. The fraction of sp³-hybridized carbons (Fsp3) is 0.667. The summed E-state index contributed by atoms with van der Waals surface area (Å²) in [5, 5.41) is 3.68. The second-order valence-corrected chi connectivity index (χ2v) is 7.46. The summed E-state index contributed by atoms with van der Waals surface area (Å²) in [7, 11) is 2.20. The van der Waals surface area contributed by atoms with Crippen molar-refractivity contribution in [1.82, 2.24) is 5.32 Å². The van der Waals surface area contributed by atoms with Crippen LogP contribution in [0.2, 0.25) is 0 Å². The minimum absolute atomic E-state index is 0.397. The van der Waals surface area contributed by atoms with Crippen LogP contribution in [-0.2, 0) is 13.0 Å². The van der Waals surface area contributed by atoms with Crippen molar-refractivity contribution < 1.29 is 0 Å². The van der Waals surface area contributed by atoms with E-state index in [1.807, 2.05) is 11.8 Å². The summed E-state index contributed by atoms with van der Waals surface area (Å²) in [5.41, 5.74) is 4.36. The van der Waals surface area contributed by atoms with E-state index in [2.05, 4.69) is 55.6 Å². The van der Waals surface area contributed by atoms with Gasteiger partial charge in [-0.2, -0.15) is 11.8 Å². The van der Waals surface area contributed by atoms with E-state index in [1.54, 1.807) is 0 Å². The topological polar surface area (TPSA) is 15.3 Å². The number of fused-ring (bicyclic) bond motifs is 1. The standard InChI is InChI=1S/C18H30N2S/c1-5-18(6-2,21-4)14-19-13-15-9-10-17-16(12-15)8-7-11-20(17)3/h9-10,12,19H,5-8,11,13-14H2,1-4H3. The fourth-order valence-corrected chi connectivity index (χ4v) is 4.07. The second-order valence-electron chi connectivity index (χ2n) is 6.19. The maximum absolute atomic E-state index is 3.68. The molecule has 1 N–H and O–H groups in total. The zero-order valence-corrected chi connectivity index (χ0v) is 14.9. The van der Waals surface area contributed by atoms with E-state index in [1.165, 1.54) is 49.0 Å². The van der Waals surface area contributed by atoms with Crippen LogP contribution in [0.25, 0.3) is 0 Å². The highest BCUT2D eigenvalue weighted by atomic mass is 32.2. The molecule has 0 saturated carbocycles. The Morgan fingerprint density at radius 2 is 2.05 bits per heavy atom. The molecule has 2 nitrogen and oxygen atoms in total. The predicted octanol–water partition coefficient (Wildman–Crippen LogP) is 4.08. The van der Waals surface area contributed by atoms with Gasteiger partial charge < -0.3 is 10.2 Å². The molecule has 0 bridgehead atoms. The number of hydrogen-bond acceptors (Lipinski definition) is 3. The number of hydrogen-bond donors (Lipinski definition) is 1. The lowest BCUT2D eigenvalue weighted by Crippen LogP contribution is -2.36. The van der Waals surface area contributed by atoms with Crippen molar-refractivity contribution in [2.45, 2.75) is 50.8 Å². The highest BCUT2D eigenvalue weighted by Gasteiger charge is 2.24. The van der Waals surface area contributed by atoms with Crippen molar-refractivity contribution in [2.24, 2.45) is 0 Å². The maximum Gasteiger partial charge on any atom is 0.0396 e. The van der Waals surface area contributed by atoms with Crippen molar-refractivity contribution in [2.75, 3.05) is 31.3 Å². The highest BCUT2D eigenvalue weighted by Crippen LogP contribution is 2.30. The summed E-state index contributed by atoms with van der Waals surface area (Å²) in [6.07, 6.45) is 7.20. The van der Waals surface area contributed by atoms with Gasteiger partial charge in [-0.1, -0.05) is 26.0 Å². The molecule has 0 amide bonds. The van der Waals surface area contributed by atoms with Gasteiger partial charge in [0.05, 0.1) is 0 Å². The number of benzene rings is 1. The van der Waals surface area contributed by atoms with Gasteiger partial charge in [0.15, 0.2) is 0 Å². The Morgan fingerprint density at radius 1 is 1.29 bits per heavy atom. The van der Waals surface area contributed by atoms with Gasteiger partial charge in [0.2, 0.25) is 0 Å². The van der Waals surface area contributed by atoms with Gasteiger partial charge in [-0.3, -0.25) is 0 Å². The van der Waals surface area contributed by atoms with Crippen molar-refractivity contribution in [3.05, 3.63) is 29.3 Å². The minimum atomic E-state index is 0.397. The number of rotatable bonds is 7. The van der Waals surface area contributed by atoms with E-state index >= 15 is 0 Å². The quantitative estimate of drug-likeness (QED) is 0.817. The average molecular weight is 307 g/mol. The first-order valence-corrected chi connectivity index (χ1v) is 9.45. The number of nitrogens with one attached hydrogen (secondary N) is 1. The highest BCUT2D eigenvalue weighted by molar-refractivity contribution is 8.00. The van der Waals surface area contributed by atoms with Crippen LogP contribution >= 0.6 is 11.8 Å². The Labute approximate surface area is 134 Å². The molecule has 0 unspecified atom stereocenters. The molecule has 1 aromatic rings. The van der Waals surface area contributed by atoms with Gasteiger partial charge in [0.1, 0.15) is 0 Å². The molecule has 0 aliphatic carbocycles. The minimum Gasteiger partial charge on any atom is -0.374 e. The van der Waals surface area contributed by atoms with Crippen LogP contribution in [0.5, 0.6) is 0 Å². The SMILES string of the molecule is CCC(CC)(CNCc1ccc2c(c1)CCCN2C)SC. The third kappa shape index (κ3) is 3.95. The van der Waals surface area contributed by atoms with Crippen LogP contribution in [0, 0.1) is 0 Å². The Morgan fingerprint density at radius 3 is 2.71 bits per heavy atom. The summed E-state index contributed by atoms with van der Waals surface area (Å²) >= 11 is 2.01. The van der Waals surface area contributed by atoms with E-state index in [4.69, 9.17) is 0 Å². The normalized spacial score (nSPS) is 15.1. The molecule has 1 heterocycles. The van der Waals surface area contributed by atoms with Crippen molar-refractivity contribution in [3.63, 3.8) is 0 Å². The van der Waals surface area contributed by atoms with Gasteiger partial charge in [-0.15, -0.1) is 0 Å². The van der Waals surface area contributed by atoms with Gasteiger partial charge >= 0.3 is 0 Å². The molecule has 1 aliphatic heterocycles. The van der Waals surface area contributed by atoms with E-state index in [0.29, 0.717) is 4.75 Å². The van der Waals surface area contributed by atoms with Crippen molar-refractivity contribution in [3.8, 4) is 0 Å². The maximum atomic E-state index is 3.68. The third-order valence-electron chi connectivity index (χ3n) is 4.99.